The van der Waals surface area contributed by atoms with Crippen LogP contribution in [0.15, 0.2) is 73.3 Å². The molecule has 0 aliphatic carbocycles. The van der Waals surface area contributed by atoms with Gasteiger partial charge in [-0.25, -0.2) is 0 Å². The quantitative estimate of drug-likeness (QED) is 0.0999. The average Bonchev–Trinajstić information content (AvgIpc) is 3.07. The molecule has 1 aliphatic heterocycles. The fraction of sp³-hybridized carbons (Fsp3) is 0.556. The zero-order valence-electron chi connectivity index (χ0n) is 28.3. The Labute approximate surface area is 286 Å². The van der Waals surface area contributed by atoms with Gasteiger partial charge in [0.25, 0.3) is 10.2 Å². The molecule has 12 heteroatoms. The number of nitrogens with one attached hydrogen (secondary N) is 3. The van der Waals surface area contributed by atoms with E-state index in [0.29, 0.717) is 19.3 Å². The molecule has 5 N–H and O–H groups in total. The first-order valence-corrected chi connectivity index (χ1v) is 18.4. The van der Waals surface area contributed by atoms with Gasteiger partial charge in [0.1, 0.15) is 12.1 Å². The largest absolute Gasteiger partial charge is 0.390 e. The Kier molecular flexibility index (Phi) is 16.7. The van der Waals surface area contributed by atoms with Gasteiger partial charge in [0, 0.05) is 13.1 Å². The lowest BCUT2D eigenvalue weighted by atomic mass is 9.93. The summed E-state index contributed by atoms with van der Waals surface area (Å²) in [5, 5.41) is 27.5. The number of aryl methyl sites for hydroxylation is 1. The van der Waals surface area contributed by atoms with Gasteiger partial charge in [-0.15, -0.1) is 6.58 Å². The molecule has 1 heterocycles. The maximum Gasteiger partial charge on any atom is 0.280 e. The molecule has 266 valence electrons. The first-order valence-electron chi connectivity index (χ1n) is 17.0. The number of hydrogen-bond acceptors (Lipinski definition) is 7. The Morgan fingerprint density at radius 3 is 2.10 bits per heavy atom. The molecule has 11 nitrogen and oxygen atoms in total. The summed E-state index contributed by atoms with van der Waals surface area (Å²) >= 11 is 0. The van der Waals surface area contributed by atoms with Crippen molar-refractivity contribution in [3.63, 3.8) is 0 Å². The van der Waals surface area contributed by atoms with Crippen LogP contribution in [0.2, 0.25) is 0 Å². The Morgan fingerprint density at radius 1 is 0.896 bits per heavy atom. The topological polar surface area (TPSA) is 157 Å². The molecular formula is C36H54N4O7S. The summed E-state index contributed by atoms with van der Waals surface area (Å²) in [5.41, 5.74) is 1.98. The predicted octanol–water partition coefficient (Wildman–Crippen LogP) is 2.88. The number of carbonyl (C=O) groups excluding carboxylic acids is 2. The van der Waals surface area contributed by atoms with Crippen molar-refractivity contribution in [2.75, 3.05) is 26.3 Å². The van der Waals surface area contributed by atoms with Crippen molar-refractivity contribution in [1.29, 1.82) is 0 Å². The lowest BCUT2D eigenvalue weighted by Gasteiger charge is -2.31. The van der Waals surface area contributed by atoms with Crippen LogP contribution in [0.1, 0.15) is 63.5 Å². The number of carbonyl (C=O) groups is 2. The third-order valence-electron chi connectivity index (χ3n) is 8.41. The summed E-state index contributed by atoms with van der Waals surface area (Å²) < 4.78 is 35.6. The Morgan fingerprint density at radius 2 is 1.50 bits per heavy atom. The molecule has 0 bridgehead atoms. The fourth-order valence-electron chi connectivity index (χ4n) is 5.77. The molecule has 2 aromatic rings. The third-order valence-corrected chi connectivity index (χ3v) is 10.0. The van der Waals surface area contributed by atoms with E-state index in [1.807, 2.05) is 38.1 Å². The van der Waals surface area contributed by atoms with Crippen LogP contribution < -0.4 is 15.4 Å². The zero-order chi connectivity index (χ0) is 34.9. The van der Waals surface area contributed by atoms with Crippen LogP contribution in [0.3, 0.4) is 0 Å². The van der Waals surface area contributed by atoms with Crippen molar-refractivity contribution < 1.29 is 33.0 Å². The predicted molar refractivity (Wildman–Crippen MR) is 187 cm³/mol. The zero-order valence-corrected chi connectivity index (χ0v) is 29.1. The van der Waals surface area contributed by atoms with Gasteiger partial charge < -0.3 is 25.6 Å². The highest BCUT2D eigenvalue weighted by atomic mass is 32.2. The van der Waals surface area contributed by atoms with Gasteiger partial charge in [-0.2, -0.15) is 17.4 Å². The van der Waals surface area contributed by atoms with Crippen LogP contribution >= 0.6 is 0 Å². The van der Waals surface area contributed by atoms with Crippen LogP contribution in [0.25, 0.3) is 0 Å². The van der Waals surface area contributed by atoms with E-state index in [1.165, 1.54) is 15.9 Å². The summed E-state index contributed by atoms with van der Waals surface area (Å²) in [6.45, 7) is 8.47. The summed E-state index contributed by atoms with van der Waals surface area (Å²) in [6.07, 6.45) is 3.60. The van der Waals surface area contributed by atoms with Crippen molar-refractivity contribution in [3.8, 4) is 0 Å². The van der Waals surface area contributed by atoms with Crippen LogP contribution in [-0.4, -0.2) is 91.4 Å². The number of benzene rings is 2. The van der Waals surface area contributed by atoms with Gasteiger partial charge >= 0.3 is 0 Å². The molecule has 0 unspecified atom stereocenters. The molecule has 1 fully saturated rings. The molecule has 0 aromatic heterocycles. The van der Waals surface area contributed by atoms with Crippen LogP contribution in [0, 0.1) is 5.92 Å². The second-order valence-corrected chi connectivity index (χ2v) is 14.6. The van der Waals surface area contributed by atoms with Crippen molar-refractivity contribution in [1.82, 2.24) is 19.7 Å². The first-order chi connectivity index (χ1) is 23.0. The summed E-state index contributed by atoms with van der Waals surface area (Å²) in [6, 6.07) is 16.1. The average molecular weight is 687 g/mol. The summed E-state index contributed by atoms with van der Waals surface area (Å²) in [7, 11) is -4.04. The number of ether oxygens (including phenoxy) is 1. The minimum atomic E-state index is -4.04. The SMILES string of the molecule is C=CC[C@H](NC(=O)[C@H](Cc1ccccc1)NS(=O)(=O)N1CCOCC1)C(=O)N[C@@H](CCCCCc1ccccc1)[C@@H](O)[C@@H](O)CC(C)C. The minimum Gasteiger partial charge on any atom is -0.390 e. The number of unbranched alkanes of at least 4 members (excludes halogenated alkanes) is 2. The van der Waals surface area contributed by atoms with Gasteiger partial charge in [-0.05, 0) is 55.6 Å². The lowest BCUT2D eigenvalue weighted by Crippen LogP contribution is -2.58. The van der Waals surface area contributed by atoms with Gasteiger partial charge in [0.15, 0.2) is 0 Å². The van der Waals surface area contributed by atoms with Crippen LogP contribution in [-0.2, 0) is 37.4 Å². The molecule has 2 aromatic carbocycles. The highest BCUT2D eigenvalue weighted by Crippen LogP contribution is 2.17. The molecular weight excluding hydrogens is 632 g/mol. The second-order valence-electron chi connectivity index (χ2n) is 12.8. The van der Waals surface area contributed by atoms with E-state index in [2.05, 4.69) is 34.1 Å². The third kappa shape index (κ3) is 13.4. The maximum absolute atomic E-state index is 13.7. The molecule has 5 atom stereocenters. The molecule has 1 saturated heterocycles. The highest BCUT2D eigenvalue weighted by molar-refractivity contribution is 7.87. The van der Waals surface area contributed by atoms with E-state index in [9.17, 15) is 28.2 Å². The molecule has 48 heavy (non-hydrogen) atoms. The highest BCUT2D eigenvalue weighted by Gasteiger charge is 2.34. The van der Waals surface area contributed by atoms with E-state index in [4.69, 9.17) is 4.74 Å². The molecule has 0 spiro atoms. The molecule has 0 saturated carbocycles. The monoisotopic (exact) mass is 686 g/mol. The number of aliphatic hydroxyl groups is 2. The lowest BCUT2D eigenvalue weighted by molar-refractivity contribution is -0.131. The normalized spacial score (nSPS) is 17.2. The van der Waals surface area contributed by atoms with Gasteiger partial charge in [0.2, 0.25) is 11.8 Å². The maximum atomic E-state index is 13.7. The number of nitrogens with zero attached hydrogens (tertiary/aromatic N) is 1. The van der Waals surface area contributed by atoms with Crippen LogP contribution in [0.5, 0.6) is 0 Å². The second kappa shape index (κ2) is 20.4. The number of morpholine rings is 1. The van der Waals surface area contributed by atoms with E-state index < -0.39 is 52.4 Å². The van der Waals surface area contributed by atoms with Gasteiger partial charge in [0.05, 0.1) is 31.5 Å². The van der Waals surface area contributed by atoms with Gasteiger partial charge in [-0.3, -0.25) is 9.59 Å². The number of rotatable bonds is 21. The smallest absolute Gasteiger partial charge is 0.280 e. The molecule has 3 rings (SSSR count). The van der Waals surface area contributed by atoms with E-state index in [1.54, 1.807) is 24.3 Å². The van der Waals surface area contributed by atoms with Crippen LogP contribution in [0.4, 0.5) is 0 Å². The van der Waals surface area contributed by atoms with Crippen molar-refractivity contribution >= 4 is 22.0 Å². The van der Waals surface area contributed by atoms with E-state index >= 15 is 0 Å². The molecule has 2 amide bonds. The Bertz CT molecular complexity index is 1350. The van der Waals surface area contributed by atoms with E-state index in [0.717, 1.165) is 24.8 Å². The summed E-state index contributed by atoms with van der Waals surface area (Å²) in [5.74, 6) is -1.09. The Balaban J connectivity index is 1.72. The van der Waals surface area contributed by atoms with E-state index in [-0.39, 0.29) is 45.1 Å². The Hall–Kier alpha value is -3.13. The first kappa shape index (κ1) is 39.3. The molecule has 0 radical (unpaired) electrons. The minimum absolute atomic E-state index is 0.0599. The number of aliphatic hydroxyl groups excluding tert-OH is 2. The fourth-order valence-corrected chi connectivity index (χ4v) is 7.10. The number of hydrogen-bond donors (Lipinski definition) is 5. The standard InChI is InChI=1S/C36H54N4O7S/c1-4-14-31(38-36(44)32(26-29-18-11-6-12-19-29)39-48(45,46)40-21-23-47-24-22-40)35(43)37-30(34(42)33(41)25-27(2)3)20-13-7-10-17-28-15-8-5-9-16-28/h4-6,8-9,11-12,15-16,18-19,27,30-34,39,41-42H,1,7,10,13-14,17,20-26H2,2-3H3,(H,37,43)(H,38,44)/t30-,31-,32-,33-,34+/m0/s1. The van der Waals surface area contributed by atoms with Crippen molar-refractivity contribution in [2.45, 2.75) is 95.5 Å². The van der Waals surface area contributed by atoms with Crippen molar-refractivity contribution in [2.24, 2.45) is 5.92 Å². The summed E-state index contributed by atoms with van der Waals surface area (Å²) in [4.78, 5) is 27.4. The van der Waals surface area contributed by atoms with Gasteiger partial charge in [-0.1, -0.05) is 93.4 Å². The van der Waals surface area contributed by atoms with Crippen molar-refractivity contribution in [3.05, 3.63) is 84.4 Å². The number of amides is 2. The molecule has 1 aliphatic rings.